The Morgan fingerprint density at radius 1 is 1.23 bits per heavy atom. The van der Waals surface area contributed by atoms with Crippen molar-refractivity contribution in [2.24, 2.45) is 23.7 Å². The van der Waals surface area contributed by atoms with E-state index in [0.717, 1.165) is 23.7 Å². The summed E-state index contributed by atoms with van der Waals surface area (Å²) >= 11 is 0. The minimum Gasteiger partial charge on any atom is -0.0654 e. The Hall–Kier alpha value is 0. The molecule has 1 aliphatic carbocycles. The molecule has 0 amide bonds. The monoisotopic (exact) mass is 182 g/mol. The second kappa shape index (κ2) is 5.02. The fourth-order valence-electron chi connectivity index (χ4n) is 2.98. The number of hydrogen-bond donors (Lipinski definition) is 0. The van der Waals surface area contributed by atoms with Gasteiger partial charge in [-0.15, -0.1) is 0 Å². The predicted octanol–water partition coefficient (Wildman–Crippen LogP) is 4.49. The van der Waals surface area contributed by atoms with Crippen LogP contribution in [0.2, 0.25) is 0 Å². The molecule has 0 aliphatic heterocycles. The molecule has 13 heavy (non-hydrogen) atoms. The molecule has 0 aromatic rings. The van der Waals surface area contributed by atoms with Crippen molar-refractivity contribution in [1.29, 1.82) is 0 Å². The van der Waals surface area contributed by atoms with Crippen molar-refractivity contribution in [3.05, 3.63) is 0 Å². The van der Waals surface area contributed by atoms with Crippen molar-refractivity contribution in [3.63, 3.8) is 0 Å². The molecule has 4 atom stereocenters. The van der Waals surface area contributed by atoms with Crippen LogP contribution in [0.3, 0.4) is 0 Å². The average molecular weight is 182 g/mol. The van der Waals surface area contributed by atoms with Crippen LogP contribution in [0.5, 0.6) is 0 Å². The first-order chi connectivity index (χ1) is 6.19. The van der Waals surface area contributed by atoms with Crippen LogP contribution in [0.15, 0.2) is 0 Å². The van der Waals surface area contributed by atoms with Crippen molar-refractivity contribution in [3.8, 4) is 0 Å². The lowest BCUT2D eigenvalue weighted by molar-refractivity contribution is 0.0631. The summed E-state index contributed by atoms with van der Waals surface area (Å²) in [6.45, 7) is 9.53. The maximum absolute atomic E-state index is 2.46. The molecule has 0 N–H and O–H groups in total. The van der Waals surface area contributed by atoms with Crippen LogP contribution >= 0.6 is 0 Å². The molecule has 1 rings (SSSR count). The van der Waals surface area contributed by atoms with Crippen molar-refractivity contribution < 1.29 is 0 Å². The highest BCUT2D eigenvalue weighted by atomic mass is 14.4. The maximum Gasteiger partial charge on any atom is -0.0381 e. The molecule has 0 heteroatoms. The van der Waals surface area contributed by atoms with Gasteiger partial charge < -0.3 is 0 Å². The first-order valence-corrected chi connectivity index (χ1v) is 6.19. The molecule has 0 bridgehead atoms. The molecule has 0 aromatic heterocycles. The minimum absolute atomic E-state index is 0.968. The molecule has 78 valence electrons. The van der Waals surface area contributed by atoms with Gasteiger partial charge in [0.15, 0.2) is 0 Å². The van der Waals surface area contributed by atoms with E-state index in [4.69, 9.17) is 0 Å². The normalized spacial score (nSPS) is 35.5. The largest absolute Gasteiger partial charge is 0.0654 e. The Bertz CT molecular complexity index is 139. The summed E-state index contributed by atoms with van der Waals surface area (Å²) in [5.41, 5.74) is 0. The van der Waals surface area contributed by atoms with Gasteiger partial charge in [0.1, 0.15) is 0 Å². The minimum atomic E-state index is 0.968. The van der Waals surface area contributed by atoms with Gasteiger partial charge in [-0.1, -0.05) is 47.0 Å². The van der Waals surface area contributed by atoms with Crippen LogP contribution in [-0.4, -0.2) is 0 Å². The molecule has 1 fully saturated rings. The van der Waals surface area contributed by atoms with Crippen LogP contribution in [0.4, 0.5) is 0 Å². The van der Waals surface area contributed by atoms with E-state index in [0.29, 0.717) is 0 Å². The van der Waals surface area contributed by atoms with Gasteiger partial charge in [0.05, 0.1) is 0 Å². The molecule has 0 saturated heterocycles. The number of hydrogen-bond acceptors (Lipinski definition) is 0. The average Bonchev–Trinajstić information content (AvgIpc) is 2.11. The summed E-state index contributed by atoms with van der Waals surface area (Å²) in [6, 6.07) is 0. The second-order valence-corrected chi connectivity index (χ2v) is 5.15. The van der Waals surface area contributed by atoms with Gasteiger partial charge in [-0.2, -0.15) is 0 Å². The molecule has 0 spiro atoms. The zero-order valence-corrected chi connectivity index (χ0v) is 9.84. The Morgan fingerprint density at radius 3 is 2.38 bits per heavy atom. The van der Waals surface area contributed by atoms with Gasteiger partial charge in [-0.3, -0.25) is 0 Å². The standard InChI is InChI=1S/C13H26/c1-5-7-10(3)8-13-9-12(6-2)11(13)4/h10-13H,5-9H2,1-4H3. The zero-order chi connectivity index (χ0) is 9.84. The summed E-state index contributed by atoms with van der Waals surface area (Å²) < 4.78 is 0. The Morgan fingerprint density at radius 2 is 1.92 bits per heavy atom. The lowest BCUT2D eigenvalue weighted by Crippen LogP contribution is -2.35. The molecule has 0 nitrogen and oxygen atoms in total. The number of rotatable bonds is 5. The van der Waals surface area contributed by atoms with Gasteiger partial charge in [0.2, 0.25) is 0 Å². The van der Waals surface area contributed by atoms with Gasteiger partial charge >= 0.3 is 0 Å². The highest BCUT2D eigenvalue weighted by Crippen LogP contribution is 2.45. The first-order valence-electron chi connectivity index (χ1n) is 6.19. The van der Waals surface area contributed by atoms with Gasteiger partial charge in [0, 0.05) is 0 Å². The van der Waals surface area contributed by atoms with Crippen LogP contribution in [-0.2, 0) is 0 Å². The third-order valence-corrected chi connectivity index (χ3v) is 4.10. The summed E-state index contributed by atoms with van der Waals surface area (Å²) in [7, 11) is 0. The van der Waals surface area contributed by atoms with Crippen LogP contribution in [0, 0.1) is 23.7 Å². The first kappa shape index (κ1) is 11.1. The lowest BCUT2D eigenvalue weighted by Gasteiger charge is -2.44. The summed E-state index contributed by atoms with van der Waals surface area (Å²) in [4.78, 5) is 0. The molecular weight excluding hydrogens is 156 g/mol. The van der Waals surface area contributed by atoms with E-state index in [1.54, 1.807) is 0 Å². The maximum atomic E-state index is 2.46. The fourth-order valence-corrected chi connectivity index (χ4v) is 2.98. The van der Waals surface area contributed by atoms with Crippen LogP contribution in [0.1, 0.15) is 59.8 Å². The molecular formula is C13H26. The van der Waals surface area contributed by atoms with E-state index >= 15 is 0 Å². The molecule has 0 radical (unpaired) electrons. The highest BCUT2D eigenvalue weighted by Gasteiger charge is 2.36. The Kier molecular flexibility index (Phi) is 4.28. The van der Waals surface area contributed by atoms with Crippen molar-refractivity contribution in [1.82, 2.24) is 0 Å². The predicted molar refractivity (Wildman–Crippen MR) is 59.7 cm³/mol. The summed E-state index contributed by atoms with van der Waals surface area (Å²) in [5.74, 6) is 4.10. The summed E-state index contributed by atoms with van der Waals surface area (Å²) in [6.07, 6.45) is 7.20. The van der Waals surface area contributed by atoms with E-state index in [9.17, 15) is 0 Å². The SMILES string of the molecule is CCCC(C)CC1CC(CC)C1C. The zero-order valence-electron chi connectivity index (χ0n) is 9.84. The molecule has 0 aromatic carbocycles. The quantitative estimate of drug-likeness (QED) is 0.587. The third-order valence-electron chi connectivity index (χ3n) is 4.10. The van der Waals surface area contributed by atoms with Gasteiger partial charge in [0.25, 0.3) is 0 Å². The topological polar surface area (TPSA) is 0 Å². The van der Waals surface area contributed by atoms with E-state index in [2.05, 4.69) is 27.7 Å². The van der Waals surface area contributed by atoms with Crippen molar-refractivity contribution in [2.45, 2.75) is 59.8 Å². The molecule has 1 saturated carbocycles. The van der Waals surface area contributed by atoms with E-state index < -0.39 is 0 Å². The second-order valence-electron chi connectivity index (χ2n) is 5.15. The van der Waals surface area contributed by atoms with Crippen LogP contribution < -0.4 is 0 Å². The molecule has 4 unspecified atom stereocenters. The fraction of sp³-hybridized carbons (Fsp3) is 1.00. The van der Waals surface area contributed by atoms with Gasteiger partial charge in [-0.05, 0) is 36.5 Å². The van der Waals surface area contributed by atoms with Crippen molar-refractivity contribution >= 4 is 0 Å². The smallest absolute Gasteiger partial charge is 0.0381 e. The van der Waals surface area contributed by atoms with E-state index in [-0.39, 0.29) is 0 Å². The van der Waals surface area contributed by atoms with Crippen LogP contribution in [0.25, 0.3) is 0 Å². The Balaban J connectivity index is 2.17. The highest BCUT2D eigenvalue weighted by molar-refractivity contribution is 4.86. The third kappa shape index (κ3) is 2.72. The molecule has 1 aliphatic rings. The molecule has 0 heterocycles. The van der Waals surface area contributed by atoms with E-state index in [1.807, 2.05) is 0 Å². The summed E-state index contributed by atoms with van der Waals surface area (Å²) in [5, 5.41) is 0. The van der Waals surface area contributed by atoms with E-state index in [1.165, 1.54) is 32.1 Å². The van der Waals surface area contributed by atoms with Gasteiger partial charge in [-0.25, -0.2) is 0 Å². The van der Waals surface area contributed by atoms with Crippen molar-refractivity contribution in [2.75, 3.05) is 0 Å². The Labute approximate surface area is 84.1 Å². The lowest BCUT2D eigenvalue weighted by atomic mass is 9.62.